The third kappa shape index (κ3) is 2.60. The molecule has 2 heterocycles. The number of nitriles is 1. The molecule has 1 aliphatic rings. The predicted molar refractivity (Wildman–Crippen MR) is 63.4 cm³/mol. The van der Waals surface area contributed by atoms with Crippen molar-refractivity contribution in [2.45, 2.75) is 19.3 Å². The summed E-state index contributed by atoms with van der Waals surface area (Å²) in [6, 6.07) is 4.03. The van der Waals surface area contributed by atoms with Gasteiger partial charge in [0.1, 0.15) is 6.07 Å². The van der Waals surface area contributed by atoms with Gasteiger partial charge in [-0.15, -0.1) is 0 Å². The molecule has 3 nitrogen and oxygen atoms in total. The minimum absolute atomic E-state index is 0.635. The minimum Gasteiger partial charge on any atom is -0.377 e. The summed E-state index contributed by atoms with van der Waals surface area (Å²) < 4.78 is 0. The fourth-order valence-electron chi connectivity index (χ4n) is 1.90. The van der Waals surface area contributed by atoms with Crippen LogP contribution in [0.25, 0.3) is 6.08 Å². The number of likely N-dealkylation sites (tertiary alicyclic amines) is 1. The summed E-state index contributed by atoms with van der Waals surface area (Å²) in [6.45, 7) is 2.26. The van der Waals surface area contributed by atoms with Crippen molar-refractivity contribution in [2.24, 2.45) is 0 Å². The van der Waals surface area contributed by atoms with E-state index < -0.39 is 0 Å². The van der Waals surface area contributed by atoms with Crippen molar-refractivity contribution >= 4 is 6.08 Å². The molecule has 2 rings (SSSR count). The van der Waals surface area contributed by atoms with Gasteiger partial charge < -0.3 is 4.90 Å². The Bertz CT molecular complexity index is 411. The van der Waals surface area contributed by atoms with Crippen LogP contribution in [-0.2, 0) is 0 Å². The molecule has 0 saturated carbocycles. The van der Waals surface area contributed by atoms with E-state index in [-0.39, 0.29) is 0 Å². The summed E-state index contributed by atoms with van der Waals surface area (Å²) in [6.07, 6.45) is 11.3. The van der Waals surface area contributed by atoms with Crippen molar-refractivity contribution in [1.82, 2.24) is 9.88 Å². The monoisotopic (exact) mass is 213 g/mol. The summed E-state index contributed by atoms with van der Waals surface area (Å²) in [5.41, 5.74) is 1.58. The summed E-state index contributed by atoms with van der Waals surface area (Å²) in [7, 11) is 0. The van der Waals surface area contributed by atoms with Crippen molar-refractivity contribution in [2.75, 3.05) is 13.1 Å². The summed E-state index contributed by atoms with van der Waals surface area (Å²) in [5.74, 6) is 0. The lowest BCUT2D eigenvalue weighted by Crippen LogP contribution is -2.23. The first-order valence-electron chi connectivity index (χ1n) is 5.66. The van der Waals surface area contributed by atoms with Gasteiger partial charge in [-0.3, -0.25) is 4.98 Å². The molecule has 1 aromatic heterocycles. The highest BCUT2D eigenvalue weighted by molar-refractivity contribution is 5.56. The molecular weight excluding hydrogens is 198 g/mol. The Morgan fingerprint density at radius 3 is 2.88 bits per heavy atom. The second-order valence-corrected chi connectivity index (χ2v) is 3.99. The molecule has 1 aromatic rings. The number of rotatable bonds is 2. The fourth-order valence-corrected chi connectivity index (χ4v) is 1.90. The van der Waals surface area contributed by atoms with Gasteiger partial charge in [0.15, 0.2) is 0 Å². The van der Waals surface area contributed by atoms with Gasteiger partial charge in [0.25, 0.3) is 0 Å². The van der Waals surface area contributed by atoms with Gasteiger partial charge >= 0.3 is 0 Å². The first kappa shape index (κ1) is 10.7. The SMILES string of the molecule is N#Cc1cnccc1/C=C/N1CCCCC1. The fraction of sp³-hybridized carbons (Fsp3) is 0.385. The van der Waals surface area contributed by atoms with Gasteiger partial charge in [-0.25, -0.2) is 0 Å². The van der Waals surface area contributed by atoms with Crippen LogP contribution in [0.2, 0.25) is 0 Å². The molecule has 0 bridgehead atoms. The van der Waals surface area contributed by atoms with E-state index in [1.54, 1.807) is 12.4 Å². The van der Waals surface area contributed by atoms with Crippen molar-refractivity contribution in [3.63, 3.8) is 0 Å². The number of hydrogen-bond donors (Lipinski definition) is 0. The third-order valence-corrected chi connectivity index (χ3v) is 2.83. The largest absolute Gasteiger partial charge is 0.377 e. The van der Waals surface area contributed by atoms with Crippen molar-refractivity contribution in [3.8, 4) is 6.07 Å². The lowest BCUT2D eigenvalue weighted by Gasteiger charge is -2.24. The molecule has 0 radical (unpaired) electrons. The van der Waals surface area contributed by atoms with Crippen molar-refractivity contribution < 1.29 is 0 Å². The van der Waals surface area contributed by atoms with E-state index in [4.69, 9.17) is 5.26 Å². The number of piperidine rings is 1. The van der Waals surface area contributed by atoms with Gasteiger partial charge in [0.05, 0.1) is 5.56 Å². The average molecular weight is 213 g/mol. The summed E-state index contributed by atoms with van der Waals surface area (Å²) >= 11 is 0. The first-order chi connectivity index (χ1) is 7.90. The molecule has 0 unspecified atom stereocenters. The standard InChI is InChI=1S/C13H15N3/c14-10-13-11-15-6-4-12(13)5-9-16-7-2-1-3-8-16/h4-6,9,11H,1-3,7-8H2/b9-5+. The van der Waals surface area contributed by atoms with Crippen LogP contribution in [0.1, 0.15) is 30.4 Å². The highest BCUT2D eigenvalue weighted by Gasteiger charge is 2.05. The maximum atomic E-state index is 8.92. The molecular formula is C13H15N3. The van der Waals surface area contributed by atoms with E-state index in [1.807, 2.05) is 12.1 Å². The second kappa shape index (κ2) is 5.32. The maximum absolute atomic E-state index is 8.92. The molecule has 0 atom stereocenters. The van der Waals surface area contributed by atoms with E-state index in [2.05, 4.69) is 22.2 Å². The zero-order valence-electron chi connectivity index (χ0n) is 9.26. The Morgan fingerprint density at radius 1 is 1.31 bits per heavy atom. The van der Waals surface area contributed by atoms with Gasteiger partial charge in [0.2, 0.25) is 0 Å². The number of nitrogens with zero attached hydrogens (tertiary/aromatic N) is 3. The van der Waals surface area contributed by atoms with E-state index in [0.29, 0.717) is 5.56 Å². The lowest BCUT2D eigenvalue weighted by atomic mass is 10.1. The molecule has 0 aromatic carbocycles. The van der Waals surface area contributed by atoms with Crippen LogP contribution in [0, 0.1) is 11.3 Å². The molecule has 3 heteroatoms. The third-order valence-electron chi connectivity index (χ3n) is 2.83. The molecule has 82 valence electrons. The zero-order valence-corrected chi connectivity index (χ0v) is 9.26. The average Bonchev–Trinajstić information content (AvgIpc) is 2.38. The van der Waals surface area contributed by atoms with Crippen LogP contribution in [0.4, 0.5) is 0 Å². The van der Waals surface area contributed by atoms with Crippen LogP contribution in [0.15, 0.2) is 24.7 Å². The molecule has 1 aliphatic heterocycles. The summed E-state index contributed by atoms with van der Waals surface area (Å²) in [5, 5.41) is 8.92. The van der Waals surface area contributed by atoms with E-state index >= 15 is 0 Å². The Labute approximate surface area is 96.0 Å². The van der Waals surface area contributed by atoms with Gasteiger partial charge in [-0.1, -0.05) is 0 Å². The smallest absolute Gasteiger partial charge is 0.101 e. The first-order valence-corrected chi connectivity index (χ1v) is 5.66. The highest BCUT2D eigenvalue weighted by atomic mass is 15.1. The number of aromatic nitrogens is 1. The topological polar surface area (TPSA) is 39.9 Å². The van der Waals surface area contributed by atoms with Crippen LogP contribution >= 0.6 is 0 Å². The summed E-state index contributed by atoms with van der Waals surface area (Å²) in [4.78, 5) is 6.25. The Hall–Kier alpha value is -1.82. The quantitative estimate of drug-likeness (QED) is 0.757. The van der Waals surface area contributed by atoms with Gasteiger partial charge in [0, 0.05) is 25.5 Å². The second-order valence-electron chi connectivity index (χ2n) is 3.99. The molecule has 0 spiro atoms. The van der Waals surface area contributed by atoms with E-state index in [1.165, 1.54) is 19.3 Å². The lowest BCUT2D eigenvalue weighted by molar-refractivity contribution is 0.311. The normalized spacial score (nSPS) is 16.3. The maximum Gasteiger partial charge on any atom is 0.101 e. The molecule has 16 heavy (non-hydrogen) atoms. The zero-order chi connectivity index (χ0) is 11.2. The van der Waals surface area contributed by atoms with E-state index in [0.717, 1.165) is 18.7 Å². The Kier molecular flexibility index (Phi) is 3.55. The molecule has 0 aliphatic carbocycles. The van der Waals surface area contributed by atoms with E-state index in [9.17, 15) is 0 Å². The van der Waals surface area contributed by atoms with Gasteiger partial charge in [-0.2, -0.15) is 5.26 Å². The molecule has 0 N–H and O–H groups in total. The van der Waals surface area contributed by atoms with Crippen LogP contribution in [0.5, 0.6) is 0 Å². The molecule has 0 amide bonds. The van der Waals surface area contributed by atoms with Crippen molar-refractivity contribution in [1.29, 1.82) is 5.26 Å². The highest BCUT2D eigenvalue weighted by Crippen LogP contribution is 2.12. The Morgan fingerprint density at radius 2 is 2.12 bits per heavy atom. The van der Waals surface area contributed by atoms with Crippen LogP contribution in [0.3, 0.4) is 0 Å². The van der Waals surface area contributed by atoms with Crippen LogP contribution in [-0.4, -0.2) is 23.0 Å². The minimum atomic E-state index is 0.635. The Balaban J connectivity index is 2.07. The van der Waals surface area contributed by atoms with Crippen molar-refractivity contribution in [3.05, 3.63) is 35.8 Å². The molecule has 1 saturated heterocycles. The molecule has 1 fully saturated rings. The number of hydrogen-bond acceptors (Lipinski definition) is 3. The van der Waals surface area contributed by atoms with Gasteiger partial charge in [-0.05, 0) is 43.2 Å². The van der Waals surface area contributed by atoms with Crippen LogP contribution < -0.4 is 0 Å². The number of pyridine rings is 1. The predicted octanol–water partition coefficient (Wildman–Crippen LogP) is 2.41.